The van der Waals surface area contributed by atoms with Crippen LogP contribution in [0.2, 0.25) is 0 Å². The Balaban J connectivity index is 2.51. The van der Waals surface area contributed by atoms with Gasteiger partial charge in [0.1, 0.15) is 0 Å². The molecule has 0 aliphatic rings. The molecule has 3 heteroatoms. The number of hydrazine groups is 1. The van der Waals surface area contributed by atoms with E-state index in [4.69, 9.17) is 5.84 Å². The van der Waals surface area contributed by atoms with Crippen LogP contribution in [0.15, 0.2) is 24.5 Å². The highest BCUT2D eigenvalue weighted by Crippen LogP contribution is 2.03. The highest BCUT2D eigenvalue weighted by atomic mass is 15.2. The second-order valence-electron chi connectivity index (χ2n) is 3.05. The highest BCUT2D eigenvalue weighted by molar-refractivity contribution is 5.12. The molecule has 1 aromatic rings. The molecule has 74 valence electrons. The minimum Gasteiger partial charge on any atom is -0.271 e. The van der Waals surface area contributed by atoms with E-state index in [0.717, 1.165) is 12.8 Å². The van der Waals surface area contributed by atoms with Crippen LogP contribution < -0.4 is 11.3 Å². The minimum atomic E-state index is 0.213. The minimum absolute atomic E-state index is 0.213. The Morgan fingerprint density at radius 3 is 2.79 bits per heavy atom. The summed E-state index contributed by atoms with van der Waals surface area (Å²) in [5.41, 5.74) is 3.99. The maximum absolute atomic E-state index is 5.43. The molecule has 0 spiro atoms. The van der Waals surface area contributed by atoms with Crippen molar-refractivity contribution in [2.24, 2.45) is 5.84 Å². The highest BCUT2D eigenvalue weighted by Gasteiger charge is 2.05. The number of nitrogens with two attached hydrogens (primary N) is 1. The van der Waals surface area contributed by atoms with E-state index in [-0.39, 0.29) is 6.04 Å². The van der Waals surface area contributed by atoms with Gasteiger partial charge < -0.3 is 0 Å². The molecule has 0 saturated carbocycles. The number of hydrogen-bond acceptors (Lipinski definition) is 3. The van der Waals surface area contributed by atoms with Gasteiger partial charge in [0.2, 0.25) is 0 Å². The van der Waals surface area contributed by atoms with E-state index in [1.165, 1.54) is 5.56 Å². The van der Waals surface area contributed by atoms with Gasteiger partial charge in [-0.3, -0.25) is 16.3 Å². The topological polar surface area (TPSA) is 50.9 Å². The van der Waals surface area contributed by atoms with E-state index in [2.05, 4.69) is 22.3 Å². The van der Waals surface area contributed by atoms with Crippen LogP contribution in [-0.2, 0) is 6.42 Å². The number of rotatable bonds is 4. The van der Waals surface area contributed by atoms with Gasteiger partial charge in [0.25, 0.3) is 0 Å². The van der Waals surface area contributed by atoms with E-state index >= 15 is 0 Å². The monoisotopic (exact) mass is 189 g/mol. The molecule has 0 aliphatic carbocycles. The molecule has 0 radical (unpaired) electrons. The Kier molecular flexibility index (Phi) is 4.70. The zero-order valence-electron chi connectivity index (χ0n) is 8.33. The van der Waals surface area contributed by atoms with Crippen molar-refractivity contribution in [1.29, 1.82) is 0 Å². The molecular weight excluding hydrogens is 174 g/mol. The summed E-state index contributed by atoms with van der Waals surface area (Å²) in [5.74, 6) is 11.3. The summed E-state index contributed by atoms with van der Waals surface area (Å²) in [5, 5.41) is 0. The first-order chi connectivity index (χ1) is 6.86. The van der Waals surface area contributed by atoms with Gasteiger partial charge >= 0.3 is 0 Å². The van der Waals surface area contributed by atoms with E-state index in [1.54, 1.807) is 12.4 Å². The molecule has 14 heavy (non-hydrogen) atoms. The molecular formula is C11H15N3. The first-order valence-electron chi connectivity index (χ1n) is 4.61. The molecule has 0 saturated heterocycles. The van der Waals surface area contributed by atoms with Crippen molar-refractivity contribution in [1.82, 2.24) is 10.4 Å². The summed E-state index contributed by atoms with van der Waals surface area (Å²) in [4.78, 5) is 3.96. The van der Waals surface area contributed by atoms with Crippen molar-refractivity contribution in [3.8, 4) is 11.8 Å². The second kappa shape index (κ2) is 6.14. The van der Waals surface area contributed by atoms with Crippen LogP contribution in [0.3, 0.4) is 0 Å². The van der Waals surface area contributed by atoms with Gasteiger partial charge in [-0.05, 0) is 31.0 Å². The van der Waals surface area contributed by atoms with Gasteiger partial charge in [-0.1, -0.05) is 0 Å². The van der Waals surface area contributed by atoms with Gasteiger partial charge in [-0.25, -0.2) is 0 Å². The lowest BCUT2D eigenvalue weighted by Gasteiger charge is -2.12. The number of pyridine rings is 1. The third kappa shape index (κ3) is 3.56. The van der Waals surface area contributed by atoms with Crippen LogP contribution in [0.25, 0.3) is 0 Å². The maximum Gasteiger partial charge on any atom is 0.0360 e. The van der Waals surface area contributed by atoms with E-state index < -0.39 is 0 Å². The van der Waals surface area contributed by atoms with Crippen molar-refractivity contribution in [3.05, 3.63) is 30.1 Å². The zero-order chi connectivity index (χ0) is 10.2. The molecule has 0 aromatic carbocycles. The molecule has 0 fully saturated rings. The summed E-state index contributed by atoms with van der Waals surface area (Å²) in [6.07, 6.45) is 5.23. The molecule has 1 heterocycles. The second-order valence-corrected chi connectivity index (χ2v) is 3.05. The summed E-state index contributed by atoms with van der Waals surface area (Å²) < 4.78 is 0. The van der Waals surface area contributed by atoms with Crippen LogP contribution in [0, 0.1) is 11.8 Å². The van der Waals surface area contributed by atoms with Crippen LogP contribution >= 0.6 is 0 Å². The molecule has 0 aliphatic heterocycles. The summed E-state index contributed by atoms with van der Waals surface area (Å²) in [7, 11) is 0. The van der Waals surface area contributed by atoms with Crippen molar-refractivity contribution >= 4 is 0 Å². The van der Waals surface area contributed by atoms with Gasteiger partial charge in [0.05, 0.1) is 0 Å². The predicted molar refractivity (Wildman–Crippen MR) is 57.1 cm³/mol. The normalized spacial score (nSPS) is 11.6. The standard InChI is InChI=1S/C11H15N3/c1-2-3-4-11(14-12)9-10-5-7-13-8-6-10/h5-8,11,14H,4,9,12H2,1H3. The fourth-order valence-electron chi connectivity index (χ4n) is 1.22. The molecule has 1 atom stereocenters. The zero-order valence-corrected chi connectivity index (χ0v) is 8.33. The first-order valence-corrected chi connectivity index (χ1v) is 4.61. The lowest BCUT2D eigenvalue weighted by molar-refractivity contribution is 0.536. The van der Waals surface area contributed by atoms with Crippen LogP contribution in [0.5, 0.6) is 0 Å². The Labute approximate surface area is 84.7 Å². The molecule has 3 N–H and O–H groups in total. The summed E-state index contributed by atoms with van der Waals surface area (Å²) >= 11 is 0. The SMILES string of the molecule is CC#CCC(Cc1ccncc1)NN. The van der Waals surface area contributed by atoms with Crippen molar-refractivity contribution in [3.63, 3.8) is 0 Å². The quantitative estimate of drug-likeness (QED) is 0.420. The number of nitrogens with one attached hydrogen (secondary N) is 1. The van der Waals surface area contributed by atoms with E-state index in [9.17, 15) is 0 Å². The van der Waals surface area contributed by atoms with E-state index in [0.29, 0.717) is 0 Å². The lowest BCUT2D eigenvalue weighted by Crippen LogP contribution is -2.36. The average Bonchev–Trinajstić information content (AvgIpc) is 2.25. The van der Waals surface area contributed by atoms with Gasteiger partial charge in [-0.2, -0.15) is 0 Å². The van der Waals surface area contributed by atoms with Crippen LogP contribution in [-0.4, -0.2) is 11.0 Å². The largest absolute Gasteiger partial charge is 0.271 e. The van der Waals surface area contributed by atoms with Gasteiger partial charge in [0, 0.05) is 24.9 Å². The van der Waals surface area contributed by atoms with Crippen LogP contribution in [0.1, 0.15) is 18.9 Å². The lowest BCUT2D eigenvalue weighted by atomic mass is 10.1. The number of hydrogen-bond donors (Lipinski definition) is 2. The number of nitrogens with zero attached hydrogens (tertiary/aromatic N) is 1. The van der Waals surface area contributed by atoms with Crippen LogP contribution in [0.4, 0.5) is 0 Å². The Morgan fingerprint density at radius 2 is 2.21 bits per heavy atom. The third-order valence-electron chi connectivity index (χ3n) is 1.99. The van der Waals surface area contributed by atoms with Crippen molar-refractivity contribution in [2.45, 2.75) is 25.8 Å². The average molecular weight is 189 g/mol. The molecule has 1 aromatic heterocycles. The molecule has 3 nitrogen and oxygen atoms in total. The predicted octanol–water partition coefficient (Wildman–Crippen LogP) is 0.869. The fourth-order valence-corrected chi connectivity index (χ4v) is 1.22. The third-order valence-corrected chi connectivity index (χ3v) is 1.99. The summed E-state index contributed by atoms with van der Waals surface area (Å²) in [6, 6.07) is 4.19. The molecule has 0 amide bonds. The van der Waals surface area contributed by atoms with Gasteiger partial charge in [0.15, 0.2) is 0 Å². The first kappa shape index (κ1) is 10.7. The number of aromatic nitrogens is 1. The Hall–Kier alpha value is -1.37. The van der Waals surface area contributed by atoms with Gasteiger partial charge in [-0.15, -0.1) is 11.8 Å². The maximum atomic E-state index is 5.43. The van der Waals surface area contributed by atoms with Crippen molar-refractivity contribution < 1.29 is 0 Å². The Bertz CT molecular complexity index is 310. The summed E-state index contributed by atoms with van der Waals surface area (Å²) in [6.45, 7) is 1.83. The van der Waals surface area contributed by atoms with E-state index in [1.807, 2.05) is 19.1 Å². The molecule has 1 rings (SSSR count). The smallest absolute Gasteiger partial charge is 0.0360 e. The Morgan fingerprint density at radius 1 is 1.50 bits per heavy atom. The van der Waals surface area contributed by atoms with Crippen molar-refractivity contribution in [2.75, 3.05) is 0 Å². The fraction of sp³-hybridized carbons (Fsp3) is 0.364. The molecule has 1 unspecified atom stereocenters. The molecule has 0 bridgehead atoms.